The summed E-state index contributed by atoms with van der Waals surface area (Å²) in [5, 5.41) is 0.434. The van der Waals surface area contributed by atoms with Gasteiger partial charge in [0, 0.05) is 10.8 Å². The summed E-state index contributed by atoms with van der Waals surface area (Å²) in [6, 6.07) is 12.8. The number of hydrogen-bond acceptors (Lipinski definition) is 5. The Morgan fingerprint density at radius 2 is 1.70 bits per heavy atom. The molecule has 3 rings (SSSR count). The average Bonchev–Trinajstić information content (AvgIpc) is 2.67. The number of fused-ring (bicyclic) bond motifs is 1. The fourth-order valence-corrected chi connectivity index (χ4v) is 3.97. The summed E-state index contributed by atoms with van der Waals surface area (Å²) < 4.78 is 52.1. The molecule has 0 aromatic heterocycles. The van der Waals surface area contributed by atoms with Crippen LogP contribution in [0.15, 0.2) is 59.5 Å². The third-order valence-electron chi connectivity index (χ3n) is 3.99. The summed E-state index contributed by atoms with van der Waals surface area (Å²) in [5.74, 6) is -0.919. The zero-order valence-corrected chi connectivity index (χ0v) is 15.3. The largest absolute Gasteiger partial charge is 0.495 e. The number of benzene rings is 3. The Hall–Kier alpha value is -3.13. The summed E-state index contributed by atoms with van der Waals surface area (Å²) in [4.78, 5) is 11.6. The van der Waals surface area contributed by atoms with E-state index in [-0.39, 0.29) is 32.7 Å². The third kappa shape index (κ3) is 3.56. The lowest BCUT2D eigenvalue weighted by atomic mass is 10.1. The molecule has 3 aromatic rings. The van der Waals surface area contributed by atoms with Crippen LogP contribution in [0.2, 0.25) is 0 Å². The molecule has 0 unspecified atom stereocenters. The Morgan fingerprint density at radius 3 is 2.37 bits per heavy atom. The highest BCUT2D eigenvalue weighted by atomic mass is 32.2. The molecule has 8 heteroatoms. The minimum absolute atomic E-state index is 0.0637. The van der Waals surface area contributed by atoms with Crippen LogP contribution in [0.25, 0.3) is 10.8 Å². The van der Waals surface area contributed by atoms with Crippen LogP contribution in [0.4, 0.5) is 10.1 Å². The third-order valence-corrected chi connectivity index (χ3v) is 5.41. The summed E-state index contributed by atoms with van der Waals surface area (Å²) >= 11 is 0. The van der Waals surface area contributed by atoms with Gasteiger partial charge in [-0.25, -0.2) is 17.6 Å². The van der Waals surface area contributed by atoms with E-state index in [0.717, 1.165) is 6.07 Å². The Bertz CT molecular complexity index is 1130. The van der Waals surface area contributed by atoms with Gasteiger partial charge >= 0.3 is 5.97 Å². The molecule has 6 nitrogen and oxygen atoms in total. The van der Waals surface area contributed by atoms with Gasteiger partial charge in [0.15, 0.2) is 0 Å². The van der Waals surface area contributed by atoms with Crippen molar-refractivity contribution < 1.29 is 27.1 Å². The molecule has 0 amide bonds. The lowest BCUT2D eigenvalue weighted by molar-refractivity contribution is 0.0600. The van der Waals surface area contributed by atoms with Crippen LogP contribution in [-0.4, -0.2) is 28.6 Å². The molecule has 140 valence electrons. The fraction of sp³-hybridized carbons (Fsp3) is 0.105. The molecule has 0 saturated carbocycles. The highest BCUT2D eigenvalue weighted by molar-refractivity contribution is 7.93. The van der Waals surface area contributed by atoms with E-state index in [9.17, 15) is 17.6 Å². The van der Waals surface area contributed by atoms with Crippen molar-refractivity contribution in [3.05, 3.63) is 66.0 Å². The lowest BCUT2D eigenvalue weighted by Crippen LogP contribution is -2.15. The number of halogens is 1. The van der Waals surface area contributed by atoms with Crippen LogP contribution in [0, 0.1) is 5.82 Å². The molecule has 3 aromatic carbocycles. The lowest BCUT2D eigenvalue weighted by Gasteiger charge is -2.14. The van der Waals surface area contributed by atoms with Gasteiger partial charge in [-0.2, -0.15) is 0 Å². The van der Waals surface area contributed by atoms with E-state index in [1.54, 1.807) is 12.1 Å². The highest BCUT2D eigenvalue weighted by Gasteiger charge is 2.21. The van der Waals surface area contributed by atoms with Crippen molar-refractivity contribution in [2.75, 3.05) is 18.9 Å². The minimum atomic E-state index is -4.09. The van der Waals surface area contributed by atoms with Gasteiger partial charge in [0.25, 0.3) is 10.0 Å². The van der Waals surface area contributed by atoms with Crippen LogP contribution in [0.3, 0.4) is 0 Å². The molecule has 0 aliphatic carbocycles. The number of methoxy groups -OCH3 is 2. The number of anilines is 1. The molecule has 0 radical (unpaired) electrons. The second-order valence-corrected chi connectivity index (χ2v) is 7.25. The van der Waals surface area contributed by atoms with E-state index in [4.69, 9.17) is 4.74 Å². The molecule has 0 saturated heterocycles. The molecule has 0 spiro atoms. The Morgan fingerprint density at radius 1 is 1.00 bits per heavy atom. The first-order valence-corrected chi connectivity index (χ1v) is 9.32. The van der Waals surface area contributed by atoms with Crippen LogP contribution in [-0.2, 0) is 14.8 Å². The predicted octanol–water partition coefficient (Wildman–Crippen LogP) is 3.57. The molecule has 1 N–H and O–H groups in total. The predicted molar refractivity (Wildman–Crippen MR) is 99.0 cm³/mol. The molecule has 0 heterocycles. The molecular weight excluding hydrogens is 373 g/mol. The Kier molecular flexibility index (Phi) is 5.00. The number of sulfonamides is 1. The number of nitrogens with one attached hydrogen (secondary N) is 1. The Balaban J connectivity index is 2.10. The maximum absolute atomic E-state index is 14.0. The van der Waals surface area contributed by atoms with Gasteiger partial charge in [-0.1, -0.05) is 24.3 Å². The number of carbonyl (C=O) groups is 1. The molecule has 0 fully saturated rings. The topological polar surface area (TPSA) is 81.7 Å². The van der Waals surface area contributed by atoms with E-state index >= 15 is 0 Å². The summed E-state index contributed by atoms with van der Waals surface area (Å²) in [5.41, 5.74) is 0.216. The van der Waals surface area contributed by atoms with Gasteiger partial charge in [0.05, 0.1) is 30.4 Å². The van der Waals surface area contributed by atoms with Gasteiger partial charge in [-0.3, -0.25) is 4.72 Å². The zero-order valence-electron chi connectivity index (χ0n) is 14.5. The number of ether oxygens (including phenoxy) is 2. The van der Waals surface area contributed by atoms with Gasteiger partial charge in [-0.05, 0) is 30.3 Å². The van der Waals surface area contributed by atoms with Crippen LogP contribution in [0.1, 0.15) is 10.4 Å². The van der Waals surface area contributed by atoms with Gasteiger partial charge in [0.2, 0.25) is 0 Å². The van der Waals surface area contributed by atoms with Crippen LogP contribution >= 0.6 is 0 Å². The first kappa shape index (κ1) is 18.7. The molecule has 0 aliphatic heterocycles. The van der Waals surface area contributed by atoms with E-state index < -0.39 is 21.8 Å². The number of esters is 1. The molecule has 0 atom stereocenters. The fourth-order valence-electron chi connectivity index (χ4n) is 2.70. The first-order valence-electron chi connectivity index (χ1n) is 7.84. The number of carbonyl (C=O) groups excluding carboxylic acids is 1. The SMILES string of the molecule is COC(=O)c1ccc(OC)c(NS(=O)(=O)c2ccc(F)c3ccccc23)c1. The van der Waals surface area contributed by atoms with E-state index in [1.165, 1.54) is 50.6 Å². The summed E-state index contributed by atoms with van der Waals surface area (Å²) in [6.07, 6.45) is 0. The number of rotatable bonds is 5. The molecule has 27 heavy (non-hydrogen) atoms. The molecular formula is C19H16FNO5S. The quantitative estimate of drug-likeness (QED) is 0.675. The van der Waals surface area contributed by atoms with Gasteiger partial charge in [0.1, 0.15) is 11.6 Å². The smallest absolute Gasteiger partial charge is 0.337 e. The number of hydrogen-bond donors (Lipinski definition) is 1. The van der Waals surface area contributed by atoms with Crippen LogP contribution < -0.4 is 9.46 Å². The Labute approximate surface area is 155 Å². The van der Waals surface area contributed by atoms with Crippen molar-refractivity contribution in [2.45, 2.75) is 4.90 Å². The summed E-state index contributed by atoms with van der Waals surface area (Å²) in [6.45, 7) is 0. The average molecular weight is 389 g/mol. The highest BCUT2D eigenvalue weighted by Crippen LogP contribution is 2.31. The second-order valence-electron chi connectivity index (χ2n) is 5.60. The maximum atomic E-state index is 14.0. The standard InChI is InChI=1S/C19H16FNO5S/c1-25-17-9-7-12(19(22)26-2)11-16(17)21-27(23,24)18-10-8-15(20)13-5-3-4-6-14(13)18/h3-11,21H,1-2H3. The van der Waals surface area contributed by atoms with Crippen LogP contribution in [0.5, 0.6) is 5.75 Å². The normalized spacial score (nSPS) is 11.2. The van der Waals surface area contributed by atoms with Crippen molar-refractivity contribution in [3.63, 3.8) is 0 Å². The first-order chi connectivity index (χ1) is 12.9. The van der Waals surface area contributed by atoms with Crippen molar-refractivity contribution in [3.8, 4) is 5.75 Å². The molecule has 0 aliphatic rings. The van der Waals surface area contributed by atoms with Crippen molar-refractivity contribution in [2.24, 2.45) is 0 Å². The van der Waals surface area contributed by atoms with Crippen molar-refractivity contribution in [1.82, 2.24) is 0 Å². The second kappa shape index (κ2) is 7.24. The minimum Gasteiger partial charge on any atom is -0.495 e. The van der Waals surface area contributed by atoms with Crippen molar-refractivity contribution in [1.29, 1.82) is 0 Å². The van der Waals surface area contributed by atoms with Crippen molar-refractivity contribution >= 4 is 32.5 Å². The van der Waals surface area contributed by atoms with Gasteiger partial charge in [-0.15, -0.1) is 0 Å². The zero-order chi connectivity index (χ0) is 19.6. The summed E-state index contributed by atoms with van der Waals surface area (Å²) in [7, 11) is -1.49. The maximum Gasteiger partial charge on any atom is 0.337 e. The van der Waals surface area contributed by atoms with Gasteiger partial charge < -0.3 is 9.47 Å². The van der Waals surface area contributed by atoms with E-state index in [2.05, 4.69) is 9.46 Å². The van der Waals surface area contributed by atoms with E-state index in [0.29, 0.717) is 0 Å². The molecule has 0 bridgehead atoms. The monoisotopic (exact) mass is 389 g/mol. The van der Waals surface area contributed by atoms with E-state index in [1.807, 2.05) is 0 Å².